The summed E-state index contributed by atoms with van der Waals surface area (Å²) in [6.07, 6.45) is -1.73. The standard InChI is InChI=1S/C20H18F4N4O2/c1-12-27-11-17(29-2)19(28-12)26-7-5-13-3-4-14(9-16(13)21)30-15-6-8-25-18(10-15)20(22,23)24/h3-4,6,8-11H,5,7H2,1-2H3,(H,26,27,28). The fraction of sp³-hybridized carbons (Fsp3) is 0.250. The van der Waals surface area contributed by atoms with E-state index in [0.717, 1.165) is 18.3 Å². The van der Waals surface area contributed by atoms with Crippen LogP contribution in [0.4, 0.5) is 23.4 Å². The monoisotopic (exact) mass is 422 g/mol. The topological polar surface area (TPSA) is 69.2 Å². The molecule has 3 aromatic rings. The summed E-state index contributed by atoms with van der Waals surface area (Å²) in [5, 5.41) is 3.07. The summed E-state index contributed by atoms with van der Waals surface area (Å²) in [6.45, 7) is 2.12. The number of pyridine rings is 1. The molecule has 2 heterocycles. The Morgan fingerprint density at radius 3 is 2.53 bits per heavy atom. The summed E-state index contributed by atoms with van der Waals surface area (Å²) in [5.41, 5.74) is -0.677. The quantitative estimate of drug-likeness (QED) is 0.552. The first-order valence-electron chi connectivity index (χ1n) is 8.87. The molecular weight excluding hydrogens is 404 g/mol. The van der Waals surface area contributed by atoms with E-state index in [0.29, 0.717) is 35.9 Å². The van der Waals surface area contributed by atoms with Gasteiger partial charge in [-0.25, -0.2) is 14.4 Å². The molecule has 0 aliphatic carbocycles. The molecule has 0 spiro atoms. The Hall–Kier alpha value is -3.43. The number of methoxy groups -OCH3 is 1. The maximum Gasteiger partial charge on any atom is 0.433 e. The minimum atomic E-state index is -4.59. The zero-order valence-corrected chi connectivity index (χ0v) is 16.1. The van der Waals surface area contributed by atoms with Gasteiger partial charge in [-0.15, -0.1) is 0 Å². The summed E-state index contributed by atoms with van der Waals surface area (Å²) in [4.78, 5) is 11.5. The minimum absolute atomic E-state index is 0.0802. The van der Waals surface area contributed by atoms with Crippen LogP contribution >= 0.6 is 0 Å². The van der Waals surface area contributed by atoms with E-state index in [2.05, 4.69) is 20.3 Å². The zero-order valence-electron chi connectivity index (χ0n) is 16.1. The molecule has 0 saturated heterocycles. The predicted octanol–water partition coefficient (Wildman–Crippen LogP) is 4.79. The van der Waals surface area contributed by atoms with E-state index < -0.39 is 17.7 Å². The largest absolute Gasteiger partial charge is 0.491 e. The van der Waals surface area contributed by atoms with Crippen LogP contribution in [0.15, 0.2) is 42.7 Å². The molecule has 0 amide bonds. The fourth-order valence-corrected chi connectivity index (χ4v) is 2.61. The van der Waals surface area contributed by atoms with E-state index >= 15 is 0 Å². The van der Waals surface area contributed by atoms with E-state index in [1.165, 1.54) is 25.3 Å². The maximum atomic E-state index is 14.4. The predicted molar refractivity (Wildman–Crippen MR) is 101 cm³/mol. The highest BCUT2D eigenvalue weighted by Crippen LogP contribution is 2.31. The summed E-state index contributed by atoms with van der Waals surface area (Å²) in [5.74, 6) is 0.999. The molecule has 30 heavy (non-hydrogen) atoms. The second-order valence-corrected chi connectivity index (χ2v) is 6.24. The Morgan fingerprint density at radius 1 is 1.07 bits per heavy atom. The van der Waals surface area contributed by atoms with Gasteiger partial charge in [-0.2, -0.15) is 13.2 Å². The third kappa shape index (κ3) is 5.34. The Balaban J connectivity index is 1.64. The van der Waals surface area contributed by atoms with Crippen molar-refractivity contribution in [2.45, 2.75) is 19.5 Å². The fourth-order valence-electron chi connectivity index (χ4n) is 2.61. The lowest BCUT2D eigenvalue weighted by Gasteiger charge is -2.12. The van der Waals surface area contributed by atoms with Crippen molar-refractivity contribution in [1.82, 2.24) is 15.0 Å². The number of nitrogens with zero attached hydrogens (tertiary/aromatic N) is 3. The van der Waals surface area contributed by atoms with Crippen molar-refractivity contribution in [3.8, 4) is 17.2 Å². The number of ether oxygens (including phenoxy) is 2. The van der Waals surface area contributed by atoms with E-state index in [9.17, 15) is 17.6 Å². The van der Waals surface area contributed by atoms with Crippen LogP contribution in [0.25, 0.3) is 0 Å². The Bertz CT molecular complexity index is 1030. The maximum absolute atomic E-state index is 14.4. The molecular formula is C20H18F4N4O2. The van der Waals surface area contributed by atoms with Gasteiger partial charge in [0.1, 0.15) is 28.8 Å². The molecule has 0 aliphatic rings. The molecule has 0 unspecified atom stereocenters. The van der Waals surface area contributed by atoms with Crippen molar-refractivity contribution in [3.05, 3.63) is 65.6 Å². The van der Waals surface area contributed by atoms with Crippen molar-refractivity contribution in [3.63, 3.8) is 0 Å². The van der Waals surface area contributed by atoms with Crippen molar-refractivity contribution < 1.29 is 27.0 Å². The van der Waals surface area contributed by atoms with Crippen molar-refractivity contribution >= 4 is 5.82 Å². The van der Waals surface area contributed by atoms with E-state index in [1.54, 1.807) is 13.1 Å². The first-order valence-corrected chi connectivity index (χ1v) is 8.87. The normalized spacial score (nSPS) is 11.3. The van der Waals surface area contributed by atoms with Crippen molar-refractivity contribution in [2.24, 2.45) is 0 Å². The number of rotatable bonds is 7. The van der Waals surface area contributed by atoms with Gasteiger partial charge in [0, 0.05) is 24.9 Å². The molecule has 1 N–H and O–H groups in total. The summed E-state index contributed by atoms with van der Waals surface area (Å²) >= 11 is 0. The van der Waals surface area contributed by atoms with Crippen LogP contribution in [0.1, 0.15) is 17.1 Å². The van der Waals surface area contributed by atoms with Crippen LogP contribution in [0.5, 0.6) is 17.2 Å². The van der Waals surface area contributed by atoms with Gasteiger partial charge in [0.2, 0.25) is 0 Å². The number of halogens is 4. The minimum Gasteiger partial charge on any atom is -0.491 e. The van der Waals surface area contributed by atoms with E-state index in [4.69, 9.17) is 9.47 Å². The van der Waals surface area contributed by atoms with Crippen LogP contribution in [-0.4, -0.2) is 28.6 Å². The van der Waals surface area contributed by atoms with Gasteiger partial charge in [-0.05, 0) is 31.0 Å². The molecule has 3 rings (SSSR count). The highest BCUT2D eigenvalue weighted by molar-refractivity contribution is 5.48. The van der Waals surface area contributed by atoms with Crippen LogP contribution in [0, 0.1) is 12.7 Å². The molecule has 0 fully saturated rings. The highest BCUT2D eigenvalue weighted by Gasteiger charge is 2.32. The van der Waals surface area contributed by atoms with Crippen molar-refractivity contribution in [2.75, 3.05) is 19.0 Å². The third-order valence-corrected chi connectivity index (χ3v) is 4.06. The first-order chi connectivity index (χ1) is 14.3. The molecule has 6 nitrogen and oxygen atoms in total. The Labute approximate surface area is 169 Å². The van der Waals surface area contributed by atoms with Crippen LogP contribution in [0.2, 0.25) is 0 Å². The number of hydrogen-bond acceptors (Lipinski definition) is 6. The number of benzene rings is 1. The smallest absolute Gasteiger partial charge is 0.433 e. The highest BCUT2D eigenvalue weighted by atomic mass is 19.4. The molecule has 1 aromatic carbocycles. The van der Waals surface area contributed by atoms with Gasteiger partial charge < -0.3 is 14.8 Å². The average molecular weight is 422 g/mol. The van der Waals surface area contributed by atoms with Gasteiger partial charge in [-0.3, -0.25) is 4.98 Å². The molecule has 0 aliphatic heterocycles. The Morgan fingerprint density at radius 2 is 1.83 bits per heavy atom. The van der Waals surface area contributed by atoms with Gasteiger partial charge in [0.25, 0.3) is 0 Å². The van der Waals surface area contributed by atoms with Crippen LogP contribution in [-0.2, 0) is 12.6 Å². The van der Waals surface area contributed by atoms with Gasteiger partial charge in [0.15, 0.2) is 11.6 Å². The first kappa shape index (κ1) is 21.3. The number of hydrogen-bond donors (Lipinski definition) is 1. The third-order valence-electron chi connectivity index (χ3n) is 4.06. The number of nitrogens with one attached hydrogen (secondary N) is 1. The molecule has 158 valence electrons. The van der Waals surface area contributed by atoms with Gasteiger partial charge >= 0.3 is 6.18 Å². The van der Waals surface area contributed by atoms with Crippen LogP contribution in [0.3, 0.4) is 0 Å². The number of aromatic nitrogens is 3. The summed E-state index contributed by atoms with van der Waals surface area (Å²) in [7, 11) is 1.50. The lowest BCUT2D eigenvalue weighted by molar-refractivity contribution is -0.141. The molecule has 0 saturated carbocycles. The van der Waals surface area contributed by atoms with E-state index in [-0.39, 0.29) is 11.5 Å². The van der Waals surface area contributed by atoms with Crippen molar-refractivity contribution in [1.29, 1.82) is 0 Å². The summed E-state index contributed by atoms with van der Waals surface area (Å²) < 4.78 is 63.1. The lowest BCUT2D eigenvalue weighted by atomic mass is 10.1. The second-order valence-electron chi connectivity index (χ2n) is 6.24. The SMILES string of the molecule is COc1cnc(C)nc1NCCc1ccc(Oc2ccnc(C(F)(F)F)c2)cc1F. The second kappa shape index (κ2) is 8.93. The Kier molecular flexibility index (Phi) is 6.34. The number of anilines is 1. The lowest BCUT2D eigenvalue weighted by Crippen LogP contribution is -2.09. The average Bonchev–Trinajstić information content (AvgIpc) is 2.69. The number of alkyl halides is 3. The molecule has 0 atom stereocenters. The van der Waals surface area contributed by atoms with Crippen LogP contribution < -0.4 is 14.8 Å². The molecule has 2 aromatic heterocycles. The molecule has 0 bridgehead atoms. The van der Waals surface area contributed by atoms with Gasteiger partial charge in [0.05, 0.1) is 13.3 Å². The zero-order chi connectivity index (χ0) is 21.7. The molecule has 0 radical (unpaired) electrons. The van der Waals surface area contributed by atoms with E-state index in [1.807, 2.05) is 0 Å². The number of aryl methyl sites for hydroxylation is 1. The molecule has 10 heteroatoms. The summed E-state index contributed by atoms with van der Waals surface area (Å²) in [6, 6.07) is 6.15. The van der Waals surface area contributed by atoms with Gasteiger partial charge in [-0.1, -0.05) is 6.07 Å².